The van der Waals surface area contributed by atoms with Gasteiger partial charge in [0.1, 0.15) is 0 Å². The molecule has 1 N–H and O–H groups in total. The van der Waals surface area contributed by atoms with Gasteiger partial charge in [-0.25, -0.2) is 10.4 Å². The summed E-state index contributed by atoms with van der Waals surface area (Å²) in [5.74, 6) is 0. The molecule has 2 nitrogen and oxygen atoms in total. The summed E-state index contributed by atoms with van der Waals surface area (Å²) in [7, 11) is 1.99. The fraction of sp³-hybridized carbons (Fsp3) is 0.750. The number of rotatable bonds is 0. The number of nitrogens with one attached hydrogen (secondary N) is 1. The maximum absolute atomic E-state index is 3.39. The Hall–Kier alpha value is 0.400. The summed E-state index contributed by atoms with van der Waals surface area (Å²) in [6, 6.07) is 0. The molecule has 0 bridgehead atoms. The first-order valence-electron chi connectivity index (χ1n) is 2.25. The molecule has 1 fully saturated rings. The molecule has 1 aliphatic rings. The van der Waals surface area contributed by atoms with Gasteiger partial charge in [0.05, 0.1) is 4.95 Å². The number of nitrogens with zero attached hydrogens (tertiary/aromatic N) is 1. The summed E-state index contributed by atoms with van der Waals surface area (Å²) in [5.41, 5.74) is 3.11. The van der Waals surface area contributed by atoms with Crippen LogP contribution in [0.15, 0.2) is 0 Å². The summed E-state index contributed by atoms with van der Waals surface area (Å²) in [6.07, 6.45) is 1.08. The predicted molar refractivity (Wildman–Crippen MR) is 32.5 cm³/mol. The van der Waals surface area contributed by atoms with Crippen molar-refractivity contribution in [2.45, 2.75) is 11.4 Å². The van der Waals surface area contributed by atoms with Crippen LogP contribution in [0.5, 0.6) is 0 Å². The minimum atomic E-state index is 0.456. The Morgan fingerprint density at radius 1 is 2.00 bits per heavy atom. The topological polar surface area (TPSA) is 15.3 Å². The number of halogens is 1. The number of hydrogen-bond donors (Lipinski definition) is 1. The van der Waals surface area contributed by atoms with Gasteiger partial charge in [-0.05, 0) is 6.42 Å². The van der Waals surface area contributed by atoms with Crippen LogP contribution in [0.3, 0.4) is 0 Å². The van der Waals surface area contributed by atoms with Crippen LogP contribution >= 0.6 is 15.9 Å². The average molecular weight is 164 g/mol. The SMILES string of the molecule is CN1[CH]CC(Br)N1. The van der Waals surface area contributed by atoms with Gasteiger partial charge in [-0.2, -0.15) is 0 Å². The van der Waals surface area contributed by atoms with Crippen molar-refractivity contribution in [3.63, 3.8) is 0 Å². The minimum Gasteiger partial charge on any atom is -0.242 e. The molecule has 1 radical (unpaired) electrons. The third kappa shape index (κ3) is 1.40. The molecule has 0 aromatic rings. The van der Waals surface area contributed by atoms with Crippen LogP contribution in [0.4, 0.5) is 0 Å². The van der Waals surface area contributed by atoms with Gasteiger partial charge in [0.15, 0.2) is 0 Å². The monoisotopic (exact) mass is 163 g/mol. The van der Waals surface area contributed by atoms with E-state index in [-0.39, 0.29) is 0 Å². The van der Waals surface area contributed by atoms with Crippen LogP contribution in [-0.2, 0) is 0 Å². The molecular weight excluding hydrogens is 156 g/mol. The molecule has 1 rings (SSSR count). The highest BCUT2D eigenvalue weighted by molar-refractivity contribution is 9.09. The maximum Gasteiger partial charge on any atom is 0.0781 e. The second-order valence-corrected chi connectivity index (χ2v) is 2.73. The van der Waals surface area contributed by atoms with Gasteiger partial charge in [0, 0.05) is 13.6 Å². The van der Waals surface area contributed by atoms with E-state index >= 15 is 0 Å². The zero-order chi connectivity index (χ0) is 5.28. The van der Waals surface area contributed by atoms with Crippen molar-refractivity contribution in [2.75, 3.05) is 7.05 Å². The molecule has 1 heterocycles. The lowest BCUT2D eigenvalue weighted by Gasteiger charge is -2.05. The normalized spacial score (nSPS) is 34.3. The number of hydrogen-bond acceptors (Lipinski definition) is 2. The van der Waals surface area contributed by atoms with Crippen molar-refractivity contribution < 1.29 is 0 Å². The van der Waals surface area contributed by atoms with Crippen LogP contribution in [0.1, 0.15) is 6.42 Å². The van der Waals surface area contributed by atoms with Crippen LogP contribution < -0.4 is 5.43 Å². The van der Waals surface area contributed by atoms with Crippen LogP contribution in [0.25, 0.3) is 0 Å². The second-order valence-electron chi connectivity index (χ2n) is 1.63. The van der Waals surface area contributed by atoms with Gasteiger partial charge in [0.2, 0.25) is 0 Å². The van der Waals surface area contributed by atoms with E-state index in [1.165, 1.54) is 0 Å². The lowest BCUT2D eigenvalue weighted by Crippen LogP contribution is -2.27. The van der Waals surface area contributed by atoms with E-state index in [1.54, 1.807) is 0 Å². The molecule has 0 saturated carbocycles. The number of alkyl halides is 1. The van der Waals surface area contributed by atoms with Crippen LogP contribution in [0, 0.1) is 6.54 Å². The fourth-order valence-corrected chi connectivity index (χ4v) is 1.07. The fourth-order valence-electron chi connectivity index (χ4n) is 0.577. The van der Waals surface area contributed by atoms with E-state index in [2.05, 4.69) is 27.9 Å². The molecule has 0 aliphatic carbocycles. The quantitative estimate of drug-likeness (QED) is 0.419. The third-order valence-corrected chi connectivity index (χ3v) is 1.51. The Bertz CT molecular complexity index is 58.7. The summed E-state index contributed by atoms with van der Waals surface area (Å²) in [4.78, 5) is 0.456. The van der Waals surface area contributed by atoms with Crippen molar-refractivity contribution in [3.8, 4) is 0 Å². The van der Waals surface area contributed by atoms with Crippen molar-refractivity contribution in [2.24, 2.45) is 0 Å². The lowest BCUT2D eigenvalue weighted by atomic mass is 10.5. The summed E-state index contributed by atoms with van der Waals surface area (Å²) < 4.78 is 0. The molecule has 3 heteroatoms. The van der Waals surface area contributed by atoms with Gasteiger partial charge in [-0.3, -0.25) is 0 Å². The summed E-state index contributed by atoms with van der Waals surface area (Å²) >= 11 is 3.39. The third-order valence-electron chi connectivity index (χ3n) is 0.930. The standard InChI is InChI=1S/C4H8BrN2/c1-7-3-2-4(5)6-7/h3-4,6H,2H2,1H3. The first kappa shape index (κ1) is 5.54. The first-order chi connectivity index (χ1) is 3.29. The summed E-state index contributed by atoms with van der Waals surface area (Å²) in [5, 5.41) is 1.96. The van der Waals surface area contributed by atoms with Gasteiger partial charge in [-0.1, -0.05) is 15.9 Å². The van der Waals surface area contributed by atoms with Crippen molar-refractivity contribution in [3.05, 3.63) is 6.54 Å². The highest BCUT2D eigenvalue weighted by Gasteiger charge is 2.14. The van der Waals surface area contributed by atoms with E-state index in [4.69, 9.17) is 0 Å². The first-order valence-corrected chi connectivity index (χ1v) is 3.17. The molecule has 7 heavy (non-hydrogen) atoms. The van der Waals surface area contributed by atoms with Gasteiger partial charge < -0.3 is 0 Å². The minimum absolute atomic E-state index is 0.456. The molecule has 1 aliphatic heterocycles. The Labute approximate surface area is 52.0 Å². The smallest absolute Gasteiger partial charge is 0.0781 e. The highest BCUT2D eigenvalue weighted by atomic mass is 79.9. The van der Waals surface area contributed by atoms with Gasteiger partial charge in [-0.15, -0.1) is 0 Å². The maximum atomic E-state index is 3.39. The van der Waals surface area contributed by atoms with Crippen LogP contribution in [-0.4, -0.2) is 17.0 Å². The molecule has 0 aromatic carbocycles. The molecule has 1 atom stereocenters. The number of hydrazine groups is 1. The Morgan fingerprint density at radius 2 is 2.71 bits per heavy atom. The zero-order valence-electron chi connectivity index (χ0n) is 4.19. The van der Waals surface area contributed by atoms with E-state index < -0.39 is 0 Å². The predicted octanol–water partition coefficient (Wildman–Crippen LogP) is 0.709. The van der Waals surface area contributed by atoms with E-state index in [0.717, 1.165) is 6.42 Å². The van der Waals surface area contributed by atoms with Crippen molar-refractivity contribution in [1.29, 1.82) is 0 Å². The van der Waals surface area contributed by atoms with Crippen molar-refractivity contribution in [1.82, 2.24) is 10.4 Å². The molecule has 0 aromatic heterocycles. The Kier molecular flexibility index (Phi) is 1.67. The van der Waals surface area contributed by atoms with E-state index in [0.29, 0.717) is 4.95 Å². The molecule has 1 unspecified atom stereocenters. The second kappa shape index (κ2) is 2.11. The zero-order valence-corrected chi connectivity index (χ0v) is 5.77. The molecule has 41 valence electrons. The van der Waals surface area contributed by atoms with E-state index in [9.17, 15) is 0 Å². The van der Waals surface area contributed by atoms with E-state index in [1.807, 2.05) is 12.1 Å². The average Bonchev–Trinajstić information content (AvgIpc) is 1.87. The van der Waals surface area contributed by atoms with Crippen molar-refractivity contribution >= 4 is 15.9 Å². The highest BCUT2D eigenvalue weighted by Crippen LogP contribution is 2.11. The summed E-state index contributed by atoms with van der Waals surface area (Å²) in [6.45, 7) is 2.10. The van der Waals surface area contributed by atoms with Crippen LogP contribution in [0.2, 0.25) is 0 Å². The molecule has 1 saturated heterocycles. The van der Waals surface area contributed by atoms with Gasteiger partial charge >= 0.3 is 0 Å². The molecule has 0 amide bonds. The molecular formula is C4H8BrN2. The largest absolute Gasteiger partial charge is 0.242 e. The Morgan fingerprint density at radius 3 is 2.86 bits per heavy atom. The molecule has 0 spiro atoms. The Balaban J connectivity index is 2.26. The lowest BCUT2D eigenvalue weighted by molar-refractivity contribution is 0.352. The van der Waals surface area contributed by atoms with Gasteiger partial charge in [0.25, 0.3) is 0 Å².